The number of halogens is 3. The number of rotatable bonds is 4. The van der Waals surface area contributed by atoms with Crippen molar-refractivity contribution in [3.8, 4) is 0 Å². The van der Waals surface area contributed by atoms with Crippen molar-refractivity contribution in [1.82, 2.24) is 0 Å². The average molecular weight is 327 g/mol. The smallest absolute Gasteiger partial charge is 0.341 e. The van der Waals surface area contributed by atoms with Gasteiger partial charge in [-0.1, -0.05) is 11.6 Å². The quantitative estimate of drug-likeness (QED) is 0.630. The van der Waals surface area contributed by atoms with Crippen LogP contribution in [0.2, 0.25) is 5.02 Å². The summed E-state index contributed by atoms with van der Waals surface area (Å²) in [7, 11) is 0.746. The number of hydrogen-bond acceptors (Lipinski definition) is 4. The van der Waals surface area contributed by atoms with Crippen LogP contribution in [0.15, 0.2) is 17.0 Å². The first kappa shape index (κ1) is 14.6. The Balaban J connectivity index is 2.33. The van der Waals surface area contributed by atoms with E-state index in [-0.39, 0.29) is 11.6 Å². The molecule has 0 aromatic heterocycles. The van der Waals surface area contributed by atoms with Crippen LogP contribution in [0.1, 0.15) is 23.2 Å². The second-order valence-electron chi connectivity index (χ2n) is 4.25. The first-order valence-electron chi connectivity index (χ1n) is 5.40. The summed E-state index contributed by atoms with van der Waals surface area (Å²) < 4.78 is 41.1. The van der Waals surface area contributed by atoms with Gasteiger partial charge in [-0.3, -0.25) is 0 Å². The molecule has 0 heterocycles. The molecule has 0 bridgehead atoms. The van der Waals surface area contributed by atoms with E-state index in [4.69, 9.17) is 27.0 Å². The number of ether oxygens (including phenoxy) is 1. The SMILES string of the molecule is O=C(OCC1CC1)c1cc(Cl)cc(S(=O)(=O)Cl)c1F. The lowest BCUT2D eigenvalue weighted by Gasteiger charge is -2.07. The van der Waals surface area contributed by atoms with Crippen LogP contribution in [0.4, 0.5) is 4.39 Å². The van der Waals surface area contributed by atoms with Crippen molar-refractivity contribution in [1.29, 1.82) is 0 Å². The maximum atomic E-state index is 13.9. The Morgan fingerprint density at radius 1 is 1.42 bits per heavy atom. The third-order valence-electron chi connectivity index (χ3n) is 2.63. The molecule has 1 saturated carbocycles. The predicted octanol–water partition coefficient (Wildman–Crippen LogP) is 2.97. The maximum absolute atomic E-state index is 13.9. The van der Waals surface area contributed by atoms with Crippen LogP contribution in [0.25, 0.3) is 0 Å². The fourth-order valence-corrected chi connectivity index (χ4v) is 2.66. The van der Waals surface area contributed by atoms with Crippen LogP contribution in [0, 0.1) is 11.7 Å². The minimum Gasteiger partial charge on any atom is -0.462 e. The summed E-state index contributed by atoms with van der Waals surface area (Å²) in [6.45, 7) is 0.188. The fraction of sp³-hybridized carbons (Fsp3) is 0.364. The Bertz CT molecular complexity index is 626. The van der Waals surface area contributed by atoms with E-state index in [1.807, 2.05) is 0 Å². The van der Waals surface area contributed by atoms with Crippen molar-refractivity contribution in [2.75, 3.05) is 6.61 Å². The summed E-state index contributed by atoms with van der Waals surface area (Å²) in [6.07, 6.45) is 1.93. The van der Waals surface area contributed by atoms with E-state index >= 15 is 0 Å². The molecule has 0 spiro atoms. The zero-order valence-electron chi connectivity index (χ0n) is 9.53. The zero-order valence-corrected chi connectivity index (χ0v) is 11.9. The van der Waals surface area contributed by atoms with E-state index in [0.717, 1.165) is 25.0 Å². The predicted molar refractivity (Wildman–Crippen MR) is 67.5 cm³/mol. The molecule has 0 N–H and O–H groups in total. The van der Waals surface area contributed by atoms with Crippen LogP contribution < -0.4 is 0 Å². The molecular formula is C11H9Cl2FO4S. The molecule has 1 fully saturated rings. The molecule has 0 radical (unpaired) electrons. The second-order valence-corrected chi connectivity index (χ2v) is 7.22. The van der Waals surface area contributed by atoms with Gasteiger partial charge >= 0.3 is 5.97 Å². The number of carbonyl (C=O) groups is 1. The van der Waals surface area contributed by atoms with E-state index in [1.54, 1.807) is 0 Å². The first-order chi connectivity index (χ1) is 8.79. The molecule has 0 saturated heterocycles. The molecule has 4 nitrogen and oxygen atoms in total. The van der Waals surface area contributed by atoms with Crippen molar-refractivity contribution in [3.63, 3.8) is 0 Å². The highest BCUT2D eigenvalue weighted by Crippen LogP contribution is 2.30. The van der Waals surface area contributed by atoms with Crippen LogP contribution in [-0.4, -0.2) is 21.0 Å². The van der Waals surface area contributed by atoms with E-state index < -0.39 is 31.3 Å². The molecule has 1 aliphatic carbocycles. The Kier molecular flexibility index (Phi) is 4.03. The summed E-state index contributed by atoms with van der Waals surface area (Å²) in [4.78, 5) is 10.8. The van der Waals surface area contributed by atoms with Gasteiger partial charge in [0.25, 0.3) is 9.05 Å². The first-order valence-corrected chi connectivity index (χ1v) is 8.08. The minimum absolute atomic E-state index is 0.112. The molecular weight excluding hydrogens is 318 g/mol. The van der Waals surface area contributed by atoms with Crippen molar-refractivity contribution >= 4 is 37.3 Å². The van der Waals surface area contributed by atoms with Gasteiger partial charge in [-0.05, 0) is 30.9 Å². The molecule has 1 aromatic rings. The normalized spacial score (nSPS) is 15.3. The van der Waals surface area contributed by atoms with E-state index in [9.17, 15) is 17.6 Å². The number of carbonyl (C=O) groups excluding carboxylic acids is 1. The van der Waals surface area contributed by atoms with Crippen LogP contribution in [-0.2, 0) is 13.8 Å². The van der Waals surface area contributed by atoms with Crippen molar-refractivity contribution < 1.29 is 22.3 Å². The summed E-state index contributed by atoms with van der Waals surface area (Å²) in [5.74, 6) is -1.89. The number of esters is 1. The Labute approximate surface area is 118 Å². The van der Waals surface area contributed by atoms with Crippen molar-refractivity contribution in [2.45, 2.75) is 17.7 Å². The van der Waals surface area contributed by atoms with Crippen molar-refractivity contribution in [2.24, 2.45) is 5.92 Å². The van der Waals surface area contributed by atoms with Gasteiger partial charge < -0.3 is 4.74 Å². The highest BCUT2D eigenvalue weighted by Gasteiger charge is 2.27. The van der Waals surface area contributed by atoms with Gasteiger partial charge in [0.1, 0.15) is 4.90 Å². The van der Waals surface area contributed by atoms with Crippen LogP contribution in [0.5, 0.6) is 0 Å². The van der Waals surface area contributed by atoms with Gasteiger partial charge in [-0.25, -0.2) is 17.6 Å². The van der Waals surface area contributed by atoms with Gasteiger partial charge in [0.05, 0.1) is 12.2 Å². The molecule has 2 rings (SSSR count). The molecule has 19 heavy (non-hydrogen) atoms. The van der Waals surface area contributed by atoms with E-state index in [2.05, 4.69) is 0 Å². The standard InChI is InChI=1S/C11H9Cl2FO4S/c12-7-3-8(11(15)18-5-6-1-2-6)10(14)9(4-7)19(13,16)17/h3-4,6H,1-2,5H2. The molecule has 0 unspecified atom stereocenters. The average Bonchev–Trinajstić information content (AvgIpc) is 3.11. The van der Waals surface area contributed by atoms with Gasteiger partial charge in [0, 0.05) is 15.7 Å². The number of benzene rings is 1. The lowest BCUT2D eigenvalue weighted by atomic mass is 10.2. The van der Waals surface area contributed by atoms with Gasteiger partial charge in [-0.2, -0.15) is 0 Å². The molecule has 104 valence electrons. The fourth-order valence-electron chi connectivity index (χ4n) is 1.45. The summed E-state index contributed by atoms with van der Waals surface area (Å²) in [5, 5.41) is -0.112. The lowest BCUT2D eigenvalue weighted by molar-refractivity contribution is 0.0480. The minimum atomic E-state index is -4.33. The van der Waals surface area contributed by atoms with E-state index in [1.165, 1.54) is 0 Å². The van der Waals surface area contributed by atoms with Gasteiger partial charge in [0.2, 0.25) is 0 Å². The zero-order chi connectivity index (χ0) is 14.2. The maximum Gasteiger partial charge on any atom is 0.341 e. The molecule has 8 heteroatoms. The largest absolute Gasteiger partial charge is 0.462 e. The highest BCUT2D eigenvalue weighted by atomic mass is 35.7. The van der Waals surface area contributed by atoms with Crippen LogP contribution in [0.3, 0.4) is 0 Å². The van der Waals surface area contributed by atoms with Gasteiger partial charge in [-0.15, -0.1) is 0 Å². The third-order valence-corrected chi connectivity index (χ3v) is 4.17. The third kappa shape index (κ3) is 3.58. The Hall–Kier alpha value is -0.850. The molecule has 0 atom stereocenters. The number of hydrogen-bond donors (Lipinski definition) is 0. The highest BCUT2D eigenvalue weighted by molar-refractivity contribution is 8.13. The topological polar surface area (TPSA) is 60.4 Å². The van der Waals surface area contributed by atoms with Gasteiger partial charge in [0.15, 0.2) is 5.82 Å². The molecule has 0 aliphatic heterocycles. The van der Waals surface area contributed by atoms with Crippen molar-refractivity contribution in [3.05, 3.63) is 28.5 Å². The monoisotopic (exact) mass is 326 g/mol. The summed E-state index contributed by atoms with van der Waals surface area (Å²) >= 11 is 5.65. The lowest BCUT2D eigenvalue weighted by Crippen LogP contribution is -2.11. The van der Waals surface area contributed by atoms with E-state index in [0.29, 0.717) is 5.92 Å². The summed E-state index contributed by atoms with van der Waals surface area (Å²) in [5.41, 5.74) is -0.535. The van der Waals surface area contributed by atoms with Crippen LogP contribution >= 0.6 is 22.3 Å². The summed E-state index contributed by atoms with van der Waals surface area (Å²) in [6, 6.07) is 1.86. The molecule has 1 aromatic carbocycles. The second kappa shape index (κ2) is 5.26. The molecule has 1 aliphatic rings. The Morgan fingerprint density at radius 2 is 2.05 bits per heavy atom. The molecule has 0 amide bonds. The Morgan fingerprint density at radius 3 is 2.58 bits per heavy atom.